The number of carbonyl (C=O) groups is 3. The van der Waals surface area contributed by atoms with Crippen molar-refractivity contribution in [1.82, 2.24) is 9.55 Å². The summed E-state index contributed by atoms with van der Waals surface area (Å²) in [6.45, 7) is 3.69. The van der Waals surface area contributed by atoms with E-state index in [-0.39, 0.29) is 18.8 Å². The van der Waals surface area contributed by atoms with Crippen molar-refractivity contribution in [2.24, 2.45) is 7.05 Å². The maximum Gasteiger partial charge on any atom is 0.303 e. The second-order valence-electron chi connectivity index (χ2n) is 7.16. The van der Waals surface area contributed by atoms with E-state index in [1.807, 2.05) is 0 Å². The molecule has 0 unspecified atom stereocenters. The minimum Gasteiger partial charge on any atom is -0.463 e. The molecule has 0 aromatic carbocycles. The molecule has 1 aromatic rings. The molecule has 1 saturated heterocycles. The molecule has 0 amide bonds. The number of hydrogen-bond acceptors (Lipinski definition) is 11. The van der Waals surface area contributed by atoms with Crippen molar-refractivity contribution in [3.63, 3.8) is 0 Å². The molecule has 1 fully saturated rings. The maximum absolute atomic E-state index is 12.5. The van der Waals surface area contributed by atoms with Crippen LogP contribution in [0.1, 0.15) is 20.8 Å². The number of hydrogen-bond donors (Lipinski definition) is 0. The van der Waals surface area contributed by atoms with Gasteiger partial charge in [0.15, 0.2) is 24.3 Å². The van der Waals surface area contributed by atoms with E-state index >= 15 is 0 Å². The molecular weight excluding hydrogens is 400 g/mol. The lowest BCUT2D eigenvalue weighted by atomic mass is 10.1. The lowest BCUT2D eigenvalue weighted by Crippen LogP contribution is -2.48. The van der Waals surface area contributed by atoms with Crippen molar-refractivity contribution >= 4 is 29.4 Å². The third-order valence-electron chi connectivity index (χ3n) is 4.75. The first-order chi connectivity index (χ1) is 14.1. The van der Waals surface area contributed by atoms with Gasteiger partial charge in [-0.25, -0.2) is 4.98 Å². The van der Waals surface area contributed by atoms with E-state index in [1.165, 1.54) is 31.7 Å². The summed E-state index contributed by atoms with van der Waals surface area (Å²) in [6, 6.07) is 0. The summed E-state index contributed by atoms with van der Waals surface area (Å²) < 4.78 is 23.2. The summed E-state index contributed by atoms with van der Waals surface area (Å²) in [7, 11) is 3.31. The Hall–Kier alpha value is -3.15. The van der Waals surface area contributed by atoms with E-state index in [0.29, 0.717) is 11.5 Å². The van der Waals surface area contributed by atoms with Gasteiger partial charge >= 0.3 is 17.9 Å². The average Bonchev–Trinajstić information content (AvgIpc) is 3.14. The van der Waals surface area contributed by atoms with Crippen LogP contribution < -0.4 is 15.4 Å². The Bertz CT molecular complexity index is 916. The lowest BCUT2D eigenvalue weighted by molar-refractivity contribution is -0.165. The zero-order chi connectivity index (χ0) is 22.2. The Morgan fingerprint density at radius 2 is 1.73 bits per heavy atom. The van der Waals surface area contributed by atoms with Gasteiger partial charge < -0.3 is 33.3 Å². The summed E-state index contributed by atoms with van der Waals surface area (Å²) >= 11 is 0. The van der Waals surface area contributed by atoms with E-state index < -0.39 is 42.4 Å². The van der Waals surface area contributed by atoms with Crippen molar-refractivity contribution < 1.29 is 33.3 Å². The molecule has 0 spiro atoms. The van der Waals surface area contributed by atoms with Gasteiger partial charge in [0.05, 0.1) is 13.0 Å². The van der Waals surface area contributed by atoms with Crippen LogP contribution in [0.15, 0.2) is 11.1 Å². The Kier molecular flexibility index (Phi) is 5.97. The van der Waals surface area contributed by atoms with Crippen molar-refractivity contribution in [3.05, 3.63) is 16.7 Å². The summed E-state index contributed by atoms with van der Waals surface area (Å²) in [4.78, 5) is 54.9. The summed E-state index contributed by atoms with van der Waals surface area (Å²) in [6.07, 6.45) is -2.48. The number of carbonyl (C=O) groups excluding carboxylic acids is 3. The highest BCUT2D eigenvalue weighted by Gasteiger charge is 2.53. The van der Waals surface area contributed by atoms with E-state index in [9.17, 15) is 19.2 Å². The minimum atomic E-state index is -1.03. The Morgan fingerprint density at radius 3 is 2.33 bits per heavy atom. The second kappa shape index (κ2) is 8.30. The molecule has 12 heteroatoms. The van der Waals surface area contributed by atoms with Gasteiger partial charge in [0, 0.05) is 34.9 Å². The molecule has 0 N–H and O–H groups in total. The summed E-state index contributed by atoms with van der Waals surface area (Å²) in [5.41, 5.74) is 0.109. The quantitative estimate of drug-likeness (QED) is 0.433. The van der Waals surface area contributed by atoms with Crippen LogP contribution in [-0.4, -0.2) is 72.3 Å². The van der Waals surface area contributed by atoms with E-state index in [1.54, 1.807) is 23.9 Å². The molecule has 30 heavy (non-hydrogen) atoms. The molecule has 0 aliphatic carbocycles. The molecule has 1 aromatic heterocycles. The van der Waals surface area contributed by atoms with Crippen LogP contribution in [0.5, 0.6) is 0 Å². The Balaban J connectivity index is 1.99. The standard InChI is InChI=1S/C18H24N4O8/c1-9(23)27-6-12-14(28-10(2)24)15(29-11(3)25)18(30-12)22-8-21(5)13-16(22)19-7-20(4)17(13)26/h7,12,14-15,18H,6,8H2,1-5H3/t12-,14-,15-,18-/m1/s1. The third kappa shape index (κ3) is 4.08. The normalized spacial score (nSPS) is 25.1. The van der Waals surface area contributed by atoms with Gasteiger partial charge in [-0.15, -0.1) is 0 Å². The van der Waals surface area contributed by atoms with Crippen LogP contribution in [0, 0.1) is 0 Å². The molecule has 164 valence electrons. The summed E-state index contributed by atoms with van der Waals surface area (Å²) in [5, 5.41) is 0. The fourth-order valence-corrected chi connectivity index (χ4v) is 3.57. The largest absolute Gasteiger partial charge is 0.463 e. The first kappa shape index (κ1) is 21.6. The third-order valence-corrected chi connectivity index (χ3v) is 4.75. The molecule has 0 radical (unpaired) electrons. The lowest BCUT2D eigenvalue weighted by Gasteiger charge is -2.29. The van der Waals surface area contributed by atoms with Crippen LogP contribution in [-0.2, 0) is 40.4 Å². The van der Waals surface area contributed by atoms with Gasteiger partial charge in [0.25, 0.3) is 5.56 Å². The van der Waals surface area contributed by atoms with Crippen LogP contribution >= 0.6 is 0 Å². The molecule has 3 rings (SSSR count). The molecule has 2 aliphatic heterocycles. The number of aryl methyl sites for hydroxylation is 1. The van der Waals surface area contributed by atoms with Gasteiger partial charge in [0.1, 0.15) is 18.4 Å². The second-order valence-corrected chi connectivity index (χ2v) is 7.16. The van der Waals surface area contributed by atoms with Gasteiger partial charge in [-0.05, 0) is 0 Å². The smallest absolute Gasteiger partial charge is 0.303 e. The number of fused-ring (bicyclic) bond motifs is 1. The zero-order valence-electron chi connectivity index (χ0n) is 17.4. The molecule has 0 bridgehead atoms. The van der Waals surface area contributed by atoms with E-state index in [2.05, 4.69) is 4.98 Å². The number of ether oxygens (including phenoxy) is 4. The van der Waals surface area contributed by atoms with Crippen molar-refractivity contribution in [3.8, 4) is 0 Å². The molecule has 3 heterocycles. The van der Waals surface area contributed by atoms with Crippen LogP contribution in [0.3, 0.4) is 0 Å². The predicted octanol–water partition coefficient (Wildman–Crippen LogP) is -0.855. The molecule has 4 atom stereocenters. The van der Waals surface area contributed by atoms with Gasteiger partial charge in [-0.2, -0.15) is 0 Å². The van der Waals surface area contributed by atoms with Gasteiger partial charge in [-0.1, -0.05) is 0 Å². The molecule has 2 aliphatic rings. The highest BCUT2D eigenvalue weighted by Crippen LogP contribution is 2.37. The van der Waals surface area contributed by atoms with E-state index in [4.69, 9.17) is 18.9 Å². The molecular formula is C18H24N4O8. The SMILES string of the molecule is CC(=O)OC[C@H]1O[C@@H](N2CN(C)c3c2ncn(C)c3=O)[C@H](OC(C)=O)[C@@H]1OC(C)=O. The number of nitrogens with zero attached hydrogens (tertiary/aromatic N) is 4. The fourth-order valence-electron chi connectivity index (χ4n) is 3.57. The molecule has 12 nitrogen and oxygen atoms in total. The van der Waals surface area contributed by atoms with Crippen LogP contribution in [0.25, 0.3) is 0 Å². The Morgan fingerprint density at radius 1 is 1.10 bits per heavy atom. The predicted molar refractivity (Wildman–Crippen MR) is 102 cm³/mol. The van der Waals surface area contributed by atoms with Crippen LogP contribution in [0.2, 0.25) is 0 Å². The average molecular weight is 424 g/mol. The van der Waals surface area contributed by atoms with Gasteiger partial charge in [-0.3, -0.25) is 19.2 Å². The monoisotopic (exact) mass is 424 g/mol. The van der Waals surface area contributed by atoms with Crippen molar-refractivity contribution in [1.29, 1.82) is 0 Å². The van der Waals surface area contributed by atoms with Gasteiger partial charge in [0.2, 0.25) is 0 Å². The zero-order valence-corrected chi connectivity index (χ0v) is 17.4. The number of anilines is 2. The molecule has 0 saturated carbocycles. The van der Waals surface area contributed by atoms with E-state index in [0.717, 1.165) is 0 Å². The summed E-state index contributed by atoms with van der Waals surface area (Å²) in [5.74, 6) is -1.41. The fraction of sp³-hybridized carbons (Fsp3) is 0.611. The number of aromatic nitrogens is 2. The number of esters is 3. The highest BCUT2D eigenvalue weighted by atomic mass is 16.7. The minimum absolute atomic E-state index is 0.206. The maximum atomic E-state index is 12.5. The first-order valence-electron chi connectivity index (χ1n) is 9.26. The number of rotatable bonds is 5. The topological polar surface area (TPSA) is 130 Å². The van der Waals surface area contributed by atoms with Crippen molar-refractivity contribution in [2.75, 3.05) is 30.1 Å². The first-order valence-corrected chi connectivity index (χ1v) is 9.26. The van der Waals surface area contributed by atoms with Crippen molar-refractivity contribution in [2.45, 2.75) is 45.3 Å². The van der Waals surface area contributed by atoms with Crippen LogP contribution in [0.4, 0.5) is 11.5 Å². The Labute approximate surface area is 172 Å². The highest BCUT2D eigenvalue weighted by molar-refractivity contribution is 5.72.